The number of aromatic amines is 2. The van der Waals surface area contributed by atoms with E-state index >= 15 is 0 Å². The van der Waals surface area contributed by atoms with Crippen LogP contribution in [0.1, 0.15) is 17.4 Å². The third-order valence-corrected chi connectivity index (χ3v) is 5.33. The van der Waals surface area contributed by atoms with Crippen molar-refractivity contribution in [3.05, 3.63) is 43.9 Å². The number of ether oxygens (including phenoxy) is 1. The smallest absolute Gasteiger partial charge is 0.352 e. The van der Waals surface area contributed by atoms with E-state index in [-0.39, 0.29) is 29.3 Å². The molecule has 4 N–H and O–H groups in total. The van der Waals surface area contributed by atoms with Gasteiger partial charge in [-0.1, -0.05) is 0 Å². The number of H-pyrrole nitrogens is 2. The monoisotopic (exact) mass is 410 g/mol. The Morgan fingerprint density at radius 3 is 2.64 bits per heavy atom. The molecule has 148 valence electrons. The number of rotatable bonds is 5. The highest BCUT2D eigenvalue weighted by atomic mass is 32.2. The summed E-state index contributed by atoms with van der Waals surface area (Å²) < 4.78 is 4.83. The quantitative estimate of drug-likeness (QED) is 0.315. The normalized spacial score (nSPS) is 20.9. The maximum Gasteiger partial charge on any atom is 0.352 e. The fraction of sp³-hybridized carbons (Fsp3) is 0.333. The minimum atomic E-state index is -1.36. The number of thioether (sulfide) groups is 1. The van der Waals surface area contributed by atoms with Crippen molar-refractivity contribution in [2.45, 2.75) is 18.3 Å². The third kappa shape index (κ3) is 3.55. The Bertz CT molecular complexity index is 997. The molecule has 1 aromatic rings. The van der Waals surface area contributed by atoms with Gasteiger partial charge in [-0.15, -0.1) is 11.8 Å². The molecule has 1 fully saturated rings. The molecule has 0 bridgehead atoms. The van der Waals surface area contributed by atoms with Crippen LogP contribution in [0.25, 0.3) is 0 Å². The highest BCUT2D eigenvalue weighted by Gasteiger charge is 2.54. The molecule has 28 heavy (non-hydrogen) atoms. The molecule has 13 heteroatoms. The van der Waals surface area contributed by atoms with Crippen LogP contribution >= 0.6 is 11.8 Å². The minimum Gasteiger partial charge on any atom is -0.477 e. The van der Waals surface area contributed by atoms with Crippen LogP contribution in [0.2, 0.25) is 0 Å². The van der Waals surface area contributed by atoms with Crippen molar-refractivity contribution in [3.8, 4) is 0 Å². The number of aliphatic carboxylic acids is 1. The van der Waals surface area contributed by atoms with Gasteiger partial charge < -0.3 is 20.1 Å². The number of β-lactam (4-membered cyclic amide) rings is 1. The first-order valence-electron chi connectivity index (χ1n) is 7.87. The van der Waals surface area contributed by atoms with Gasteiger partial charge in [0.05, 0.1) is 0 Å². The average Bonchev–Trinajstić information content (AvgIpc) is 2.62. The zero-order chi connectivity index (χ0) is 20.6. The van der Waals surface area contributed by atoms with E-state index < -0.39 is 46.4 Å². The molecule has 0 saturated carbocycles. The lowest BCUT2D eigenvalue weighted by atomic mass is 10.0. The second-order valence-corrected chi connectivity index (χ2v) is 7.00. The zero-order valence-corrected chi connectivity index (χ0v) is 15.1. The van der Waals surface area contributed by atoms with E-state index in [2.05, 4.69) is 10.3 Å². The minimum absolute atomic E-state index is 0.178. The molecular weight excluding hydrogens is 396 g/mol. The molecule has 2 aliphatic heterocycles. The Hall–Kier alpha value is -3.35. The number of carbonyl (C=O) groups is 4. The molecule has 3 rings (SSSR count). The fourth-order valence-corrected chi connectivity index (χ4v) is 4.12. The molecule has 2 atom stereocenters. The first-order chi connectivity index (χ1) is 13.2. The Kier molecular flexibility index (Phi) is 5.09. The van der Waals surface area contributed by atoms with Crippen LogP contribution in [0.3, 0.4) is 0 Å². The van der Waals surface area contributed by atoms with E-state index in [9.17, 15) is 33.9 Å². The third-order valence-electron chi connectivity index (χ3n) is 3.99. The Morgan fingerprint density at radius 2 is 2.04 bits per heavy atom. The Labute approximate surface area is 159 Å². The molecule has 0 spiro atoms. The predicted molar refractivity (Wildman–Crippen MR) is 93.3 cm³/mol. The van der Waals surface area contributed by atoms with Crippen LogP contribution in [0, 0.1) is 0 Å². The molecule has 0 aromatic carbocycles. The number of amides is 2. The summed E-state index contributed by atoms with van der Waals surface area (Å²) in [7, 11) is 0. The number of aromatic nitrogens is 2. The molecule has 0 unspecified atom stereocenters. The van der Waals surface area contributed by atoms with Crippen molar-refractivity contribution in [2.24, 2.45) is 0 Å². The van der Waals surface area contributed by atoms with Crippen molar-refractivity contribution >= 4 is 35.5 Å². The second-order valence-electron chi connectivity index (χ2n) is 5.90. The van der Waals surface area contributed by atoms with E-state index in [1.807, 2.05) is 4.98 Å². The van der Waals surface area contributed by atoms with Crippen LogP contribution in [0.15, 0.2) is 26.9 Å². The molecule has 3 heterocycles. The number of carboxylic acid groups (broad SMARTS) is 1. The highest BCUT2D eigenvalue weighted by molar-refractivity contribution is 8.00. The molecule has 0 radical (unpaired) electrons. The molecule has 1 saturated heterocycles. The molecule has 0 aliphatic carbocycles. The van der Waals surface area contributed by atoms with E-state index in [1.165, 1.54) is 18.7 Å². The number of carbonyl (C=O) groups excluding carboxylic acids is 3. The first-order valence-corrected chi connectivity index (χ1v) is 8.91. The van der Waals surface area contributed by atoms with Crippen LogP contribution in [-0.2, 0) is 19.1 Å². The number of nitrogens with zero attached hydrogens (tertiary/aromatic N) is 1. The fourth-order valence-electron chi connectivity index (χ4n) is 2.79. The van der Waals surface area contributed by atoms with Gasteiger partial charge in [-0.3, -0.25) is 29.1 Å². The summed E-state index contributed by atoms with van der Waals surface area (Å²) in [6, 6.07) is -0.171. The molecule has 2 amide bonds. The van der Waals surface area contributed by atoms with Gasteiger partial charge in [0, 0.05) is 24.3 Å². The lowest BCUT2D eigenvalue weighted by molar-refractivity contribution is -0.149. The van der Waals surface area contributed by atoms with Gasteiger partial charge in [0.15, 0.2) is 0 Å². The van der Waals surface area contributed by atoms with Gasteiger partial charge >= 0.3 is 17.6 Å². The summed E-state index contributed by atoms with van der Waals surface area (Å²) in [6.45, 7) is 0.921. The SMILES string of the molecule is CC(=O)OCC1=C(C(=O)O)N2C(=O)[C@@H](NC(=O)c3cc(=O)[nH]c(=O)[nH]3)[C@H]2SC1. The van der Waals surface area contributed by atoms with Gasteiger partial charge in [0.25, 0.3) is 17.4 Å². The van der Waals surface area contributed by atoms with E-state index in [1.54, 1.807) is 0 Å². The average molecular weight is 410 g/mol. The zero-order valence-electron chi connectivity index (χ0n) is 14.3. The number of hydrogen-bond donors (Lipinski definition) is 4. The van der Waals surface area contributed by atoms with Crippen molar-refractivity contribution in [2.75, 3.05) is 12.4 Å². The van der Waals surface area contributed by atoms with Crippen LogP contribution in [-0.4, -0.2) is 67.5 Å². The Morgan fingerprint density at radius 1 is 1.32 bits per heavy atom. The van der Waals surface area contributed by atoms with E-state index in [4.69, 9.17) is 4.74 Å². The number of carboxylic acids is 1. The van der Waals surface area contributed by atoms with E-state index in [0.717, 1.165) is 11.0 Å². The number of esters is 1. The largest absolute Gasteiger partial charge is 0.477 e. The second kappa shape index (κ2) is 7.34. The van der Waals surface area contributed by atoms with Crippen LogP contribution < -0.4 is 16.6 Å². The van der Waals surface area contributed by atoms with Gasteiger partial charge in [-0.25, -0.2) is 9.59 Å². The first kappa shape index (κ1) is 19.4. The summed E-state index contributed by atoms with van der Waals surface area (Å²) in [5, 5.41) is 11.2. The summed E-state index contributed by atoms with van der Waals surface area (Å²) in [4.78, 5) is 74.9. The maximum absolute atomic E-state index is 12.4. The molecular formula is C15H14N4O8S. The topological polar surface area (TPSA) is 179 Å². The van der Waals surface area contributed by atoms with Crippen LogP contribution in [0.5, 0.6) is 0 Å². The Balaban J connectivity index is 1.79. The van der Waals surface area contributed by atoms with Gasteiger partial charge in [-0.05, 0) is 0 Å². The molecule has 1 aromatic heterocycles. The molecule has 12 nitrogen and oxygen atoms in total. The predicted octanol–water partition coefficient (Wildman–Crippen LogP) is -2.02. The number of fused-ring (bicyclic) bond motifs is 1. The maximum atomic E-state index is 12.4. The summed E-state index contributed by atoms with van der Waals surface area (Å²) in [5.41, 5.74) is -2.01. The molecule has 2 aliphatic rings. The lowest BCUT2D eigenvalue weighted by Gasteiger charge is -2.49. The van der Waals surface area contributed by atoms with Gasteiger partial charge in [-0.2, -0.15) is 0 Å². The summed E-state index contributed by atoms with van der Waals surface area (Å²) in [5.74, 6) is -3.29. The van der Waals surface area contributed by atoms with Gasteiger partial charge in [0.2, 0.25) is 0 Å². The summed E-state index contributed by atoms with van der Waals surface area (Å²) in [6.07, 6.45) is 0. The van der Waals surface area contributed by atoms with Gasteiger partial charge in [0.1, 0.15) is 29.4 Å². The number of hydrogen-bond acceptors (Lipinski definition) is 8. The van der Waals surface area contributed by atoms with Crippen molar-refractivity contribution in [1.29, 1.82) is 0 Å². The summed E-state index contributed by atoms with van der Waals surface area (Å²) >= 11 is 1.19. The van der Waals surface area contributed by atoms with Crippen molar-refractivity contribution < 1.29 is 29.0 Å². The van der Waals surface area contributed by atoms with Crippen molar-refractivity contribution in [3.63, 3.8) is 0 Å². The number of nitrogens with one attached hydrogen (secondary N) is 3. The standard InChI is InChI=1S/C15H14N4O8S/c1-5(20)27-3-6-4-28-13-9(12(23)19(13)10(6)14(24)25)18-11(22)7-2-8(21)17-15(26)16-7/h2,9,13H,3-4H2,1H3,(H,18,22)(H,24,25)(H2,16,17,21,26)/t9-,13-/m1/s1. The van der Waals surface area contributed by atoms with Crippen LogP contribution in [0.4, 0.5) is 0 Å². The lowest BCUT2D eigenvalue weighted by Crippen LogP contribution is -2.70. The van der Waals surface area contributed by atoms with Crippen molar-refractivity contribution in [1.82, 2.24) is 20.2 Å². The van der Waals surface area contributed by atoms with E-state index in [0.29, 0.717) is 0 Å². The highest BCUT2D eigenvalue weighted by Crippen LogP contribution is 2.40.